The van der Waals surface area contributed by atoms with Crippen molar-refractivity contribution in [3.8, 4) is 0 Å². The lowest BCUT2D eigenvalue weighted by atomic mass is 9.95. The maximum atomic E-state index is 12.7. The van der Waals surface area contributed by atoms with E-state index >= 15 is 0 Å². The molecule has 0 aliphatic carbocycles. The molecule has 0 bridgehead atoms. The number of carbonyl (C=O) groups is 2. The van der Waals surface area contributed by atoms with Crippen molar-refractivity contribution in [2.75, 3.05) is 33.7 Å². The van der Waals surface area contributed by atoms with Crippen LogP contribution in [0.25, 0.3) is 0 Å². The predicted octanol–water partition coefficient (Wildman–Crippen LogP) is 1.45. The van der Waals surface area contributed by atoms with E-state index in [1.807, 2.05) is 17.0 Å². The topological polar surface area (TPSA) is 65.5 Å². The molecule has 3 heterocycles. The van der Waals surface area contributed by atoms with Gasteiger partial charge in [0, 0.05) is 38.3 Å². The Bertz CT molecular complexity index is 611. The highest BCUT2D eigenvalue weighted by Crippen LogP contribution is 2.30. The van der Waals surface area contributed by atoms with E-state index < -0.39 is 0 Å². The fraction of sp³-hybridized carbons (Fsp3) is 0.611. The lowest BCUT2D eigenvalue weighted by molar-refractivity contribution is -0.125. The van der Waals surface area contributed by atoms with Gasteiger partial charge in [0.2, 0.25) is 5.91 Å². The first-order chi connectivity index (χ1) is 11.6. The van der Waals surface area contributed by atoms with Gasteiger partial charge in [-0.25, -0.2) is 0 Å². The molecule has 2 saturated heterocycles. The van der Waals surface area contributed by atoms with Crippen LogP contribution in [0, 0.1) is 5.92 Å². The highest BCUT2D eigenvalue weighted by molar-refractivity contribution is 5.92. The maximum absolute atomic E-state index is 12.7. The van der Waals surface area contributed by atoms with Crippen molar-refractivity contribution >= 4 is 11.8 Å². The summed E-state index contributed by atoms with van der Waals surface area (Å²) < 4.78 is 0. The zero-order valence-electron chi connectivity index (χ0n) is 14.5. The van der Waals surface area contributed by atoms with Gasteiger partial charge in [0.25, 0.3) is 5.91 Å². The number of amides is 2. The molecule has 2 aliphatic rings. The van der Waals surface area contributed by atoms with Gasteiger partial charge in [0.05, 0.1) is 0 Å². The summed E-state index contributed by atoms with van der Waals surface area (Å²) in [5.74, 6) is 0.0739. The highest BCUT2D eigenvalue weighted by Gasteiger charge is 2.29. The summed E-state index contributed by atoms with van der Waals surface area (Å²) in [6.45, 7) is 2.33. The van der Waals surface area contributed by atoms with Gasteiger partial charge in [-0.2, -0.15) is 0 Å². The Balaban J connectivity index is 1.66. The second kappa shape index (κ2) is 7.30. The summed E-state index contributed by atoms with van der Waals surface area (Å²) >= 11 is 0. The minimum Gasteiger partial charge on any atom is -0.359 e. The molecule has 2 aliphatic heterocycles. The Morgan fingerprint density at radius 3 is 2.58 bits per heavy atom. The van der Waals surface area contributed by atoms with Crippen LogP contribution in [0.5, 0.6) is 0 Å². The quantitative estimate of drug-likeness (QED) is 0.911. The normalized spacial score (nSPS) is 22.6. The van der Waals surface area contributed by atoms with E-state index in [9.17, 15) is 9.59 Å². The molecule has 2 fully saturated rings. The van der Waals surface area contributed by atoms with Crippen molar-refractivity contribution in [1.82, 2.24) is 20.1 Å². The number of aromatic nitrogens is 1. The van der Waals surface area contributed by atoms with Crippen molar-refractivity contribution in [2.45, 2.75) is 31.7 Å². The molecule has 2 amide bonds. The van der Waals surface area contributed by atoms with Crippen molar-refractivity contribution in [2.24, 2.45) is 5.92 Å². The largest absolute Gasteiger partial charge is 0.359 e. The first kappa shape index (κ1) is 16.9. The van der Waals surface area contributed by atoms with E-state index in [1.54, 1.807) is 13.2 Å². The molecular weight excluding hydrogens is 304 g/mol. The summed E-state index contributed by atoms with van der Waals surface area (Å²) in [5, 5.41) is 2.69. The Morgan fingerprint density at radius 1 is 1.21 bits per heavy atom. The van der Waals surface area contributed by atoms with E-state index in [1.165, 1.54) is 12.0 Å². The third-order valence-electron chi connectivity index (χ3n) is 5.31. The van der Waals surface area contributed by atoms with Gasteiger partial charge >= 0.3 is 0 Å². The molecule has 1 aromatic heterocycles. The van der Waals surface area contributed by atoms with Gasteiger partial charge in [-0.15, -0.1) is 0 Å². The van der Waals surface area contributed by atoms with Crippen LogP contribution in [-0.4, -0.2) is 60.3 Å². The van der Waals surface area contributed by atoms with Crippen LogP contribution in [0.1, 0.15) is 47.8 Å². The third kappa shape index (κ3) is 3.43. The van der Waals surface area contributed by atoms with Crippen LogP contribution in [0.2, 0.25) is 0 Å². The Labute approximate surface area is 143 Å². The highest BCUT2D eigenvalue weighted by atomic mass is 16.2. The minimum atomic E-state index is -0.0205. The van der Waals surface area contributed by atoms with Crippen LogP contribution in [0.15, 0.2) is 18.3 Å². The number of nitrogens with one attached hydrogen (secondary N) is 1. The monoisotopic (exact) mass is 330 g/mol. The van der Waals surface area contributed by atoms with Crippen LogP contribution < -0.4 is 5.32 Å². The molecule has 0 aromatic carbocycles. The first-order valence-corrected chi connectivity index (χ1v) is 8.77. The smallest absolute Gasteiger partial charge is 0.272 e. The summed E-state index contributed by atoms with van der Waals surface area (Å²) in [6, 6.07) is 4.35. The number of hydrogen-bond donors (Lipinski definition) is 1. The average Bonchev–Trinajstić information content (AvgIpc) is 3.06. The molecule has 1 atom stereocenters. The second-order valence-electron chi connectivity index (χ2n) is 6.79. The predicted molar refractivity (Wildman–Crippen MR) is 91.5 cm³/mol. The minimum absolute atomic E-state index is 0.0190. The summed E-state index contributed by atoms with van der Waals surface area (Å²) in [6.07, 6.45) is 5.50. The van der Waals surface area contributed by atoms with Gasteiger partial charge in [0.1, 0.15) is 5.69 Å². The van der Waals surface area contributed by atoms with Gasteiger partial charge < -0.3 is 10.2 Å². The molecular formula is C18H26N4O2. The molecule has 0 saturated carbocycles. The zero-order valence-corrected chi connectivity index (χ0v) is 14.5. The van der Waals surface area contributed by atoms with Gasteiger partial charge in [-0.3, -0.25) is 19.5 Å². The molecule has 3 rings (SSSR count). The maximum Gasteiger partial charge on any atom is 0.272 e. The SMILES string of the molecule is CNC(=O)C1CCN(C(=O)c2cc([C@@H]3CCCN3C)ccn2)CC1. The summed E-state index contributed by atoms with van der Waals surface area (Å²) in [5.41, 5.74) is 1.69. The number of rotatable bonds is 3. The second-order valence-corrected chi connectivity index (χ2v) is 6.79. The number of likely N-dealkylation sites (tertiary alicyclic amines) is 2. The van der Waals surface area contributed by atoms with Crippen molar-refractivity contribution in [1.29, 1.82) is 0 Å². The van der Waals surface area contributed by atoms with Crippen LogP contribution in [-0.2, 0) is 4.79 Å². The number of piperidine rings is 1. The molecule has 0 radical (unpaired) electrons. The van der Waals surface area contributed by atoms with Crippen molar-refractivity contribution in [3.63, 3.8) is 0 Å². The molecule has 24 heavy (non-hydrogen) atoms. The number of nitrogens with zero attached hydrogens (tertiary/aromatic N) is 3. The van der Waals surface area contributed by atoms with E-state index in [2.05, 4.69) is 22.2 Å². The molecule has 0 unspecified atom stereocenters. The number of hydrogen-bond acceptors (Lipinski definition) is 4. The first-order valence-electron chi connectivity index (χ1n) is 8.77. The van der Waals surface area contributed by atoms with Gasteiger partial charge in [-0.05, 0) is 57.0 Å². The van der Waals surface area contributed by atoms with E-state index in [-0.39, 0.29) is 17.7 Å². The molecule has 1 N–H and O–H groups in total. The summed E-state index contributed by atoms with van der Waals surface area (Å²) in [7, 11) is 3.79. The fourth-order valence-corrected chi connectivity index (χ4v) is 3.81. The van der Waals surface area contributed by atoms with Crippen LogP contribution in [0.4, 0.5) is 0 Å². The average molecular weight is 330 g/mol. The molecule has 0 spiro atoms. The third-order valence-corrected chi connectivity index (χ3v) is 5.31. The van der Waals surface area contributed by atoms with Gasteiger partial charge in [-0.1, -0.05) is 0 Å². The Morgan fingerprint density at radius 2 is 1.96 bits per heavy atom. The molecule has 1 aromatic rings. The molecule has 6 nitrogen and oxygen atoms in total. The summed E-state index contributed by atoms with van der Waals surface area (Å²) in [4.78, 5) is 32.9. The lowest BCUT2D eigenvalue weighted by Gasteiger charge is -2.31. The Hall–Kier alpha value is -1.95. The van der Waals surface area contributed by atoms with E-state index in [0.29, 0.717) is 24.8 Å². The lowest BCUT2D eigenvalue weighted by Crippen LogP contribution is -2.42. The molecule has 6 heteroatoms. The van der Waals surface area contributed by atoms with Crippen LogP contribution in [0.3, 0.4) is 0 Å². The fourth-order valence-electron chi connectivity index (χ4n) is 3.81. The molecule has 130 valence electrons. The van der Waals surface area contributed by atoms with Crippen molar-refractivity contribution in [3.05, 3.63) is 29.6 Å². The van der Waals surface area contributed by atoms with Crippen molar-refractivity contribution < 1.29 is 9.59 Å². The van der Waals surface area contributed by atoms with E-state index in [0.717, 1.165) is 25.8 Å². The van der Waals surface area contributed by atoms with Crippen LogP contribution >= 0.6 is 0 Å². The standard InChI is InChI=1S/C18H26N4O2/c1-19-17(23)13-6-10-22(11-7-13)18(24)15-12-14(5-8-20-15)16-4-3-9-21(16)2/h5,8,12-13,16H,3-4,6-7,9-11H2,1-2H3,(H,19,23)/t16-/m0/s1. The van der Waals surface area contributed by atoms with E-state index in [4.69, 9.17) is 0 Å². The van der Waals surface area contributed by atoms with Gasteiger partial charge in [0.15, 0.2) is 0 Å². The number of carbonyl (C=O) groups excluding carboxylic acids is 2. The Kier molecular flexibility index (Phi) is 5.14. The zero-order chi connectivity index (χ0) is 17.1. The number of pyridine rings is 1.